The first-order chi connectivity index (χ1) is 12.3. The summed E-state index contributed by atoms with van der Waals surface area (Å²) in [6.07, 6.45) is 14.1. The van der Waals surface area contributed by atoms with Crippen LogP contribution in [0, 0.1) is 22.7 Å². The van der Waals surface area contributed by atoms with Crippen LogP contribution in [0.25, 0.3) is 0 Å². The van der Waals surface area contributed by atoms with Gasteiger partial charge in [-0.3, -0.25) is 0 Å². The predicted molar refractivity (Wildman–Crippen MR) is 114 cm³/mol. The molecule has 0 aromatic heterocycles. The van der Waals surface area contributed by atoms with Crippen molar-refractivity contribution < 1.29 is 0 Å². The van der Waals surface area contributed by atoms with Gasteiger partial charge in [0.05, 0.1) is 0 Å². The standard InChI is InChI=1S/C25H41N/c1-8-9-15-26-16-14-25-21(5)19(3)11-10-18(2)17-23(25)20(4)12-13-24(25,7)22(26)6/h10-11,17,20,22-23H,8-9,12-16H2,1-7H3/b11-10-,18-17-,21-19+. The Morgan fingerprint density at radius 2 is 1.85 bits per heavy atom. The highest BCUT2D eigenvalue weighted by Gasteiger charge is 2.61. The Morgan fingerprint density at radius 1 is 1.12 bits per heavy atom. The summed E-state index contributed by atoms with van der Waals surface area (Å²) in [5.74, 6) is 1.46. The smallest absolute Gasteiger partial charge is 0.0129 e. The number of piperidine rings is 1. The predicted octanol–water partition coefficient (Wildman–Crippen LogP) is 6.77. The van der Waals surface area contributed by atoms with E-state index in [4.69, 9.17) is 0 Å². The molecule has 0 N–H and O–H groups in total. The number of allylic oxidation sites excluding steroid dienone is 6. The monoisotopic (exact) mass is 355 g/mol. The lowest BCUT2D eigenvalue weighted by Crippen LogP contribution is -2.65. The third-order valence-electron chi connectivity index (χ3n) is 8.68. The van der Waals surface area contributed by atoms with Gasteiger partial charge in [-0.2, -0.15) is 0 Å². The van der Waals surface area contributed by atoms with E-state index in [-0.39, 0.29) is 0 Å². The lowest BCUT2D eigenvalue weighted by Gasteiger charge is -2.66. The molecule has 1 heterocycles. The molecule has 5 atom stereocenters. The summed E-state index contributed by atoms with van der Waals surface area (Å²) in [7, 11) is 0. The molecule has 3 rings (SSSR count). The summed E-state index contributed by atoms with van der Waals surface area (Å²) < 4.78 is 0. The molecule has 1 heteroatoms. The molecule has 1 aliphatic heterocycles. The topological polar surface area (TPSA) is 3.24 Å². The van der Waals surface area contributed by atoms with Crippen LogP contribution in [-0.2, 0) is 0 Å². The van der Waals surface area contributed by atoms with Crippen LogP contribution >= 0.6 is 0 Å². The van der Waals surface area contributed by atoms with Crippen molar-refractivity contribution in [2.24, 2.45) is 22.7 Å². The fourth-order valence-electron chi connectivity index (χ4n) is 6.66. The number of unbranched alkanes of at least 4 members (excludes halogenated alkanes) is 1. The van der Waals surface area contributed by atoms with Gasteiger partial charge in [-0.05, 0) is 83.7 Å². The molecular formula is C25H41N. The van der Waals surface area contributed by atoms with E-state index in [1.807, 2.05) is 0 Å². The van der Waals surface area contributed by atoms with E-state index >= 15 is 0 Å². The molecule has 0 amide bonds. The average molecular weight is 356 g/mol. The van der Waals surface area contributed by atoms with Crippen molar-refractivity contribution in [1.29, 1.82) is 0 Å². The van der Waals surface area contributed by atoms with E-state index in [9.17, 15) is 0 Å². The average Bonchev–Trinajstić information content (AvgIpc) is 2.62. The highest BCUT2D eigenvalue weighted by molar-refractivity contribution is 5.40. The van der Waals surface area contributed by atoms with Gasteiger partial charge in [0.15, 0.2) is 0 Å². The molecular weight excluding hydrogens is 314 g/mol. The van der Waals surface area contributed by atoms with Crippen molar-refractivity contribution in [2.75, 3.05) is 13.1 Å². The second-order valence-corrected chi connectivity index (χ2v) is 9.80. The Balaban J connectivity index is 2.14. The molecule has 1 saturated heterocycles. The zero-order valence-corrected chi connectivity index (χ0v) is 18.4. The van der Waals surface area contributed by atoms with Crippen LogP contribution in [-0.4, -0.2) is 24.0 Å². The van der Waals surface area contributed by atoms with E-state index in [0.717, 1.165) is 5.92 Å². The van der Waals surface area contributed by atoms with Gasteiger partial charge >= 0.3 is 0 Å². The SMILES string of the molecule is CCCCN1CCC23/C(C)=C(C)/C=C\C(C)=C/C2C(C)CCC3(C)C1C. The first kappa shape index (κ1) is 19.9. The molecule has 1 nitrogen and oxygen atoms in total. The molecule has 1 spiro atoms. The van der Waals surface area contributed by atoms with Crippen LogP contribution < -0.4 is 0 Å². The minimum atomic E-state index is 0.322. The Labute approximate surface area is 162 Å². The highest BCUT2D eigenvalue weighted by Crippen LogP contribution is 2.66. The van der Waals surface area contributed by atoms with E-state index < -0.39 is 0 Å². The van der Waals surface area contributed by atoms with E-state index in [2.05, 4.69) is 71.6 Å². The normalized spacial score (nSPS) is 47.2. The molecule has 2 fully saturated rings. The fraction of sp³-hybridized carbons (Fsp3) is 0.760. The zero-order chi connectivity index (χ0) is 19.1. The van der Waals surface area contributed by atoms with Crippen molar-refractivity contribution in [1.82, 2.24) is 4.90 Å². The van der Waals surface area contributed by atoms with Crippen molar-refractivity contribution in [3.63, 3.8) is 0 Å². The molecule has 0 aromatic rings. The van der Waals surface area contributed by atoms with Crippen LogP contribution in [0.2, 0.25) is 0 Å². The Morgan fingerprint density at radius 3 is 2.54 bits per heavy atom. The summed E-state index contributed by atoms with van der Waals surface area (Å²) >= 11 is 0. The number of likely N-dealkylation sites (tertiary alicyclic amines) is 1. The van der Waals surface area contributed by atoms with Gasteiger partial charge in [0.25, 0.3) is 0 Å². The lowest BCUT2D eigenvalue weighted by molar-refractivity contribution is -0.127. The molecule has 5 unspecified atom stereocenters. The van der Waals surface area contributed by atoms with Crippen LogP contribution in [0.3, 0.4) is 0 Å². The minimum absolute atomic E-state index is 0.322. The fourth-order valence-corrected chi connectivity index (χ4v) is 6.66. The number of nitrogens with zero attached hydrogens (tertiary/aromatic N) is 1. The molecule has 0 bridgehead atoms. The summed E-state index contributed by atoms with van der Waals surface area (Å²) in [5.41, 5.74) is 5.33. The van der Waals surface area contributed by atoms with Crippen LogP contribution in [0.15, 0.2) is 34.9 Å². The first-order valence-corrected chi connectivity index (χ1v) is 11.1. The second-order valence-electron chi connectivity index (χ2n) is 9.80. The molecule has 0 radical (unpaired) electrons. The highest BCUT2D eigenvalue weighted by atomic mass is 15.2. The lowest BCUT2D eigenvalue weighted by atomic mass is 9.42. The summed E-state index contributed by atoms with van der Waals surface area (Å²) in [6.45, 7) is 19.7. The largest absolute Gasteiger partial charge is 0.300 e. The maximum Gasteiger partial charge on any atom is 0.0129 e. The van der Waals surface area contributed by atoms with E-state index in [1.54, 1.807) is 5.57 Å². The first-order valence-electron chi connectivity index (χ1n) is 11.1. The van der Waals surface area contributed by atoms with Crippen molar-refractivity contribution in [3.05, 3.63) is 34.9 Å². The molecule has 2 aliphatic carbocycles. The van der Waals surface area contributed by atoms with Crippen molar-refractivity contribution >= 4 is 0 Å². The van der Waals surface area contributed by atoms with Gasteiger partial charge in [0.2, 0.25) is 0 Å². The van der Waals surface area contributed by atoms with Gasteiger partial charge in [0, 0.05) is 11.5 Å². The van der Waals surface area contributed by atoms with Gasteiger partial charge < -0.3 is 4.90 Å². The van der Waals surface area contributed by atoms with E-state index in [1.165, 1.54) is 56.3 Å². The Bertz CT molecular complexity index is 624. The molecule has 1 saturated carbocycles. The maximum absolute atomic E-state index is 2.82. The number of hydrogen-bond donors (Lipinski definition) is 0. The second kappa shape index (κ2) is 7.30. The van der Waals surface area contributed by atoms with Crippen LogP contribution in [0.4, 0.5) is 0 Å². The minimum Gasteiger partial charge on any atom is -0.300 e. The van der Waals surface area contributed by atoms with Gasteiger partial charge in [-0.15, -0.1) is 0 Å². The Hall–Kier alpha value is -0.820. The Kier molecular flexibility index (Phi) is 5.60. The third-order valence-corrected chi connectivity index (χ3v) is 8.68. The van der Waals surface area contributed by atoms with Crippen molar-refractivity contribution in [2.45, 2.75) is 86.6 Å². The summed E-state index contributed by atoms with van der Waals surface area (Å²) in [4.78, 5) is 2.82. The maximum atomic E-state index is 2.82. The molecule has 146 valence electrons. The third kappa shape index (κ3) is 2.86. The van der Waals surface area contributed by atoms with E-state index in [0.29, 0.717) is 22.8 Å². The number of rotatable bonds is 3. The van der Waals surface area contributed by atoms with Gasteiger partial charge in [0.1, 0.15) is 0 Å². The quantitative estimate of drug-likeness (QED) is 0.540. The molecule has 0 aromatic carbocycles. The molecule has 26 heavy (non-hydrogen) atoms. The molecule has 3 aliphatic rings. The number of hydrogen-bond acceptors (Lipinski definition) is 1. The van der Waals surface area contributed by atoms with Gasteiger partial charge in [-0.25, -0.2) is 0 Å². The van der Waals surface area contributed by atoms with Crippen molar-refractivity contribution in [3.8, 4) is 0 Å². The van der Waals surface area contributed by atoms with Gasteiger partial charge in [-0.1, -0.05) is 62.1 Å². The van der Waals surface area contributed by atoms with Crippen LogP contribution in [0.5, 0.6) is 0 Å². The zero-order valence-electron chi connectivity index (χ0n) is 18.4. The van der Waals surface area contributed by atoms with Crippen LogP contribution in [0.1, 0.15) is 80.6 Å². The summed E-state index contributed by atoms with van der Waals surface area (Å²) in [6, 6.07) is 0.665. The summed E-state index contributed by atoms with van der Waals surface area (Å²) in [5, 5.41) is 0.